The van der Waals surface area contributed by atoms with E-state index in [9.17, 15) is 13.2 Å². The maximum absolute atomic E-state index is 13.2. The van der Waals surface area contributed by atoms with E-state index >= 15 is 0 Å². The van der Waals surface area contributed by atoms with E-state index in [1.165, 1.54) is 12.1 Å². The lowest BCUT2D eigenvalue weighted by Gasteiger charge is -2.19. The van der Waals surface area contributed by atoms with E-state index in [0.717, 1.165) is 16.9 Å². The number of hydrogen-bond donors (Lipinski definition) is 3. The van der Waals surface area contributed by atoms with Crippen LogP contribution in [-0.2, 0) is 21.2 Å². The van der Waals surface area contributed by atoms with Crippen LogP contribution in [0.5, 0.6) is 0 Å². The Morgan fingerprint density at radius 2 is 1.38 bits per heavy atom. The second kappa shape index (κ2) is 10.8. The molecule has 1 atom stereocenters. The maximum Gasteiger partial charge on any atom is 0.242 e. The van der Waals surface area contributed by atoms with Crippen molar-refractivity contribution in [3.63, 3.8) is 0 Å². The second-order valence-electron chi connectivity index (χ2n) is 7.66. The van der Waals surface area contributed by atoms with Crippen molar-refractivity contribution in [2.45, 2.75) is 17.4 Å². The van der Waals surface area contributed by atoms with Gasteiger partial charge in [-0.15, -0.1) is 0 Å². The molecule has 0 bridgehead atoms. The number of carbonyl (C=O) groups is 1. The Morgan fingerprint density at radius 1 is 0.765 bits per heavy atom. The van der Waals surface area contributed by atoms with Gasteiger partial charge < -0.3 is 10.6 Å². The van der Waals surface area contributed by atoms with Crippen molar-refractivity contribution < 1.29 is 13.2 Å². The number of amides is 1. The first-order valence-electron chi connectivity index (χ1n) is 10.7. The molecule has 0 aliphatic heterocycles. The van der Waals surface area contributed by atoms with E-state index in [1.54, 1.807) is 42.5 Å². The van der Waals surface area contributed by atoms with Crippen LogP contribution in [0.15, 0.2) is 114 Å². The van der Waals surface area contributed by atoms with Crippen molar-refractivity contribution in [2.75, 3.05) is 10.6 Å². The van der Waals surface area contributed by atoms with Crippen LogP contribution >= 0.6 is 0 Å². The molecule has 0 spiro atoms. The Hall–Kier alpha value is -3.94. The third kappa shape index (κ3) is 6.31. The minimum Gasteiger partial charge on any atom is -0.355 e. The van der Waals surface area contributed by atoms with E-state index in [4.69, 9.17) is 0 Å². The lowest BCUT2D eigenvalue weighted by molar-refractivity contribution is -0.117. The van der Waals surface area contributed by atoms with Gasteiger partial charge in [0.25, 0.3) is 0 Å². The zero-order valence-electron chi connectivity index (χ0n) is 18.3. The molecule has 1 amide bonds. The largest absolute Gasteiger partial charge is 0.355 e. The summed E-state index contributed by atoms with van der Waals surface area (Å²) in [5.74, 6) is -0.454. The van der Waals surface area contributed by atoms with Gasteiger partial charge in [-0.1, -0.05) is 66.7 Å². The van der Waals surface area contributed by atoms with Crippen LogP contribution in [0, 0.1) is 6.07 Å². The van der Waals surface area contributed by atoms with E-state index in [1.807, 2.05) is 54.6 Å². The molecule has 0 heterocycles. The highest BCUT2D eigenvalue weighted by Crippen LogP contribution is 2.20. The molecule has 6 nitrogen and oxygen atoms in total. The lowest BCUT2D eigenvalue weighted by atomic mass is 10.1. The van der Waals surface area contributed by atoms with Crippen LogP contribution in [0.4, 0.5) is 17.1 Å². The van der Waals surface area contributed by atoms with E-state index in [0.29, 0.717) is 5.69 Å². The molecule has 4 aromatic carbocycles. The Kier molecular flexibility index (Phi) is 7.37. The van der Waals surface area contributed by atoms with Crippen LogP contribution in [0.2, 0.25) is 0 Å². The standard InChI is InChI=1S/C27H24N3O3S/c31-27(29-24-16-10-15-23(20-24)28-22-13-6-2-7-14-22)26(19-21-11-4-1-5-12-21)30-34(32,33)25-17-8-3-9-18-25/h2-18,20,26,28,30H,19H2,(H,29,31)/t26-/m0/s1. The van der Waals surface area contributed by atoms with Crippen molar-refractivity contribution in [2.24, 2.45) is 0 Å². The van der Waals surface area contributed by atoms with Crippen molar-refractivity contribution in [1.82, 2.24) is 4.72 Å². The van der Waals surface area contributed by atoms with Gasteiger partial charge in [0.1, 0.15) is 6.04 Å². The third-order valence-corrected chi connectivity index (χ3v) is 6.57. The average Bonchev–Trinajstić information content (AvgIpc) is 2.85. The molecule has 1 radical (unpaired) electrons. The molecule has 4 rings (SSSR count). The monoisotopic (exact) mass is 470 g/mol. The predicted octanol–water partition coefficient (Wildman–Crippen LogP) is 4.76. The average molecular weight is 471 g/mol. The van der Waals surface area contributed by atoms with Crippen LogP contribution in [-0.4, -0.2) is 20.4 Å². The summed E-state index contributed by atoms with van der Waals surface area (Å²) in [6.45, 7) is 0. The molecule has 3 N–H and O–H groups in total. The van der Waals surface area contributed by atoms with Crippen LogP contribution in [0.25, 0.3) is 0 Å². The fourth-order valence-electron chi connectivity index (χ4n) is 3.43. The van der Waals surface area contributed by atoms with Crippen molar-refractivity contribution in [3.05, 3.63) is 121 Å². The molecular formula is C27H24N3O3S. The van der Waals surface area contributed by atoms with Crippen LogP contribution in [0.1, 0.15) is 5.56 Å². The summed E-state index contributed by atoms with van der Waals surface area (Å²) in [6.07, 6.45) is 0.189. The quantitative estimate of drug-likeness (QED) is 0.329. The maximum atomic E-state index is 13.2. The van der Waals surface area contributed by atoms with E-state index < -0.39 is 22.0 Å². The summed E-state index contributed by atoms with van der Waals surface area (Å²) in [5.41, 5.74) is 3.08. The number of para-hydroxylation sites is 1. The molecule has 0 saturated carbocycles. The summed E-state index contributed by atoms with van der Waals surface area (Å²) in [4.78, 5) is 13.3. The Labute approximate surface area is 199 Å². The normalized spacial score (nSPS) is 12.0. The highest BCUT2D eigenvalue weighted by atomic mass is 32.2. The van der Waals surface area contributed by atoms with Gasteiger partial charge in [0, 0.05) is 17.1 Å². The number of benzene rings is 4. The molecule has 7 heteroatoms. The molecular weight excluding hydrogens is 446 g/mol. The zero-order valence-corrected chi connectivity index (χ0v) is 19.1. The first-order chi connectivity index (χ1) is 16.5. The summed E-state index contributed by atoms with van der Waals surface area (Å²) in [7, 11) is -3.90. The molecule has 171 valence electrons. The lowest BCUT2D eigenvalue weighted by Crippen LogP contribution is -2.45. The Morgan fingerprint density at radius 3 is 2.09 bits per heavy atom. The van der Waals surface area contributed by atoms with Gasteiger partial charge in [-0.05, 0) is 60.5 Å². The summed E-state index contributed by atoms with van der Waals surface area (Å²) < 4.78 is 28.4. The molecule has 0 aromatic heterocycles. The smallest absolute Gasteiger partial charge is 0.242 e. The zero-order chi connectivity index (χ0) is 23.8. The molecule has 0 fully saturated rings. The Bertz CT molecular complexity index is 1330. The van der Waals surface area contributed by atoms with Gasteiger partial charge >= 0.3 is 0 Å². The molecule has 0 saturated heterocycles. The van der Waals surface area contributed by atoms with Gasteiger partial charge in [0.15, 0.2) is 0 Å². The number of rotatable bonds is 9. The van der Waals surface area contributed by atoms with Gasteiger partial charge in [-0.2, -0.15) is 4.72 Å². The Balaban J connectivity index is 1.54. The van der Waals surface area contributed by atoms with Gasteiger partial charge in [-0.25, -0.2) is 8.42 Å². The number of sulfonamides is 1. The highest BCUT2D eigenvalue weighted by Gasteiger charge is 2.26. The van der Waals surface area contributed by atoms with Crippen LogP contribution < -0.4 is 15.4 Å². The number of anilines is 3. The number of hydrogen-bond acceptors (Lipinski definition) is 4. The second-order valence-corrected chi connectivity index (χ2v) is 9.37. The fourth-order valence-corrected chi connectivity index (χ4v) is 4.64. The van der Waals surface area contributed by atoms with Crippen LogP contribution in [0.3, 0.4) is 0 Å². The van der Waals surface area contributed by atoms with Gasteiger partial charge in [0.05, 0.1) is 4.90 Å². The fraction of sp³-hybridized carbons (Fsp3) is 0.0741. The molecule has 0 aliphatic carbocycles. The van der Waals surface area contributed by atoms with Crippen molar-refractivity contribution in [3.8, 4) is 0 Å². The highest BCUT2D eigenvalue weighted by molar-refractivity contribution is 7.89. The first-order valence-corrected chi connectivity index (χ1v) is 12.2. The molecule has 34 heavy (non-hydrogen) atoms. The van der Waals surface area contributed by atoms with Crippen molar-refractivity contribution in [1.29, 1.82) is 0 Å². The first kappa shape index (κ1) is 23.2. The van der Waals surface area contributed by atoms with Gasteiger partial charge in [-0.3, -0.25) is 4.79 Å². The predicted molar refractivity (Wildman–Crippen MR) is 134 cm³/mol. The third-order valence-electron chi connectivity index (χ3n) is 5.09. The minimum absolute atomic E-state index is 0.100. The van der Waals surface area contributed by atoms with Crippen molar-refractivity contribution >= 4 is 33.0 Å². The summed E-state index contributed by atoms with van der Waals surface area (Å²) in [6, 6.07) is 33.9. The molecule has 4 aromatic rings. The minimum atomic E-state index is -3.90. The SMILES string of the molecule is O=C(Nc1cccc(Nc2ccccc2)c1)[C@H](Cc1cc[c]cc1)NS(=O)(=O)c1ccccc1. The number of nitrogens with one attached hydrogen (secondary N) is 3. The number of carbonyl (C=O) groups excluding carboxylic acids is 1. The van der Waals surface area contributed by atoms with E-state index in [2.05, 4.69) is 21.4 Å². The molecule has 0 aliphatic rings. The summed E-state index contributed by atoms with van der Waals surface area (Å²) >= 11 is 0. The topological polar surface area (TPSA) is 87.3 Å². The molecule has 0 unspecified atom stereocenters. The summed E-state index contributed by atoms with van der Waals surface area (Å²) in [5, 5.41) is 6.13. The van der Waals surface area contributed by atoms with E-state index in [-0.39, 0.29) is 11.3 Å². The van der Waals surface area contributed by atoms with Gasteiger partial charge in [0.2, 0.25) is 15.9 Å².